The van der Waals surface area contributed by atoms with Crippen molar-refractivity contribution >= 4 is 17.3 Å². The maximum Gasteiger partial charge on any atom is 0.271 e. The van der Waals surface area contributed by atoms with E-state index in [9.17, 15) is 14.9 Å². The van der Waals surface area contributed by atoms with Gasteiger partial charge in [0.25, 0.3) is 11.6 Å². The summed E-state index contributed by atoms with van der Waals surface area (Å²) in [6.07, 6.45) is 5.13. The molecular formula is C20H23N3O3. The average Bonchev–Trinajstić information content (AvgIpc) is 2.91. The number of anilines is 1. The molecule has 0 aliphatic carbocycles. The number of hydrogen-bond acceptors (Lipinski definition) is 4. The van der Waals surface area contributed by atoms with Crippen LogP contribution in [0.3, 0.4) is 0 Å². The van der Waals surface area contributed by atoms with Gasteiger partial charge in [0.1, 0.15) is 0 Å². The molecule has 136 valence electrons. The van der Waals surface area contributed by atoms with E-state index >= 15 is 0 Å². The molecular weight excluding hydrogens is 330 g/mol. The second-order valence-electron chi connectivity index (χ2n) is 6.65. The van der Waals surface area contributed by atoms with E-state index in [-0.39, 0.29) is 11.6 Å². The van der Waals surface area contributed by atoms with Crippen LogP contribution < -0.4 is 5.32 Å². The highest BCUT2D eigenvalue weighted by Gasteiger charge is 2.12. The van der Waals surface area contributed by atoms with Gasteiger partial charge in [-0.2, -0.15) is 0 Å². The fourth-order valence-corrected chi connectivity index (χ4v) is 3.21. The molecule has 1 amide bonds. The van der Waals surface area contributed by atoms with E-state index in [4.69, 9.17) is 0 Å². The van der Waals surface area contributed by atoms with Crippen molar-refractivity contribution in [2.45, 2.75) is 32.2 Å². The number of nitrogens with one attached hydrogen (secondary N) is 1. The lowest BCUT2D eigenvalue weighted by Crippen LogP contribution is -2.24. The Hall–Kier alpha value is -2.73. The number of non-ortho nitro benzene ring substituents is 1. The first-order valence-corrected chi connectivity index (χ1v) is 8.99. The molecule has 1 aliphatic heterocycles. The smallest absolute Gasteiger partial charge is 0.271 e. The number of rotatable bonds is 5. The molecule has 0 unspecified atom stereocenters. The van der Waals surface area contributed by atoms with Gasteiger partial charge < -0.3 is 5.32 Å². The van der Waals surface area contributed by atoms with E-state index in [1.54, 1.807) is 24.3 Å². The Morgan fingerprint density at radius 1 is 1.04 bits per heavy atom. The van der Waals surface area contributed by atoms with Crippen LogP contribution in [0.4, 0.5) is 11.4 Å². The summed E-state index contributed by atoms with van der Waals surface area (Å²) in [5, 5.41) is 13.5. The monoisotopic (exact) mass is 353 g/mol. The minimum Gasteiger partial charge on any atom is -0.322 e. The Balaban J connectivity index is 1.61. The first-order valence-electron chi connectivity index (χ1n) is 8.99. The van der Waals surface area contributed by atoms with Crippen molar-refractivity contribution in [1.29, 1.82) is 0 Å². The van der Waals surface area contributed by atoms with Gasteiger partial charge >= 0.3 is 0 Å². The number of amides is 1. The molecule has 0 spiro atoms. The molecule has 0 atom stereocenters. The molecule has 0 saturated carbocycles. The molecule has 26 heavy (non-hydrogen) atoms. The van der Waals surface area contributed by atoms with Crippen molar-refractivity contribution in [1.82, 2.24) is 4.90 Å². The lowest BCUT2D eigenvalue weighted by molar-refractivity contribution is -0.384. The van der Waals surface area contributed by atoms with Gasteiger partial charge in [-0.25, -0.2) is 0 Å². The summed E-state index contributed by atoms with van der Waals surface area (Å²) >= 11 is 0. The zero-order chi connectivity index (χ0) is 18.4. The molecule has 6 heteroatoms. The molecule has 0 bridgehead atoms. The van der Waals surface area contributed by atoms with Crippen molar-refractivity contribution in [2.75, 3.05) is 18.4 Å². The SMILES string of the molecule is O=C(Nc1cccc([N+](=O)[O-])c1)c1ccc(CN2CCCCCC2)cc1. The van der Waals surface area contributed by atoms with Crippen LogP contribution >= 0.6 is 0 Å². The maximum absolute atomic E-state index is 12.4. The molecule has 1 heterocycles. The van der Waals surface area contributed by atoms with Gasteiger partial charge in [-0.05, 0) is 49.7 Å². The number of likely N-dealkylation sites (tertiary alicyclic amines) is 1. The zero-order valence-electron chi connectivity index (χ0n) is 14.7. The summed E-state index contributed by atoms with van der Waals surface area (Å²) in [5.41, 5.74) is 2.10. The van der Waals surface area contributed by atoms with Crippen LogP contribution in [0.15, 0.2) is 48.5 Å². The van der Waals surface area contributed by atoms with Gasteiger partial charge in [0.15, 0.2) is 0 Å². The fourth-order valence-electron chi connectivity index (χ4n) is 3.21. The molecule has 6 nitrogen and oxygen atoms in total. The molecule has 1 saturated heterocycles. The highest BCUT2D eigenvalue weighted by molar-refractivity contribution is 6.04. The van der Waals surface area contributed by atoms with E-state index in [0.717, 1.165) is 19.6 Å². The molecule has 1 aliphatic rings. The Labute approximate surface area is 153 Å². The maximum atomic E-state index is 12.4. The summed E-state index contributed by atoms with van der Waals surface area (Å²) in [5.74, 6) is -0.271. The Kier molecular flexibility index (Phi) is 5.96. The summed E-state index contributed by atoms with van der Waals surface area (Å²) < 4.78 is 0. The zero-order valence-corrected chi connectivity index (χ0v) is 14.7. The van der Waals surface area contributed by atoms with Gasteiger partial charge in [0, 0.05) is 29.9 Å². The normalized spacial score (nSPS) is 15.2. The number of benzene rings is 2. The summed E-state index contributed by atoms with van der Waals surface area (Å²) in [6.45, 7) is 3.18. The van der Waals surface area contributed by atoms with E-state index < -0.39 is 4.92 Å². The first kappa shape index (κ1) is 18.1. The Bertz CT molecular complexity index is 766. The molecule has 2 aromatic rings. The van der Waals surface area contributed by atoms with Crippen molar-refractivity contribution in [3.05, 3.63) is 69.8 Å². The third-order valence-electron chi connectivity index (χ3n) is 4.64. The quantitative estimate of drug-likeness (QED) is 0.645. The molecule has 1 fully saturated rings. The number of nitrogens with zero attached hydrogens (tertiary/aromatic N) is 2. The largest absolute Gasteiger partial charge is 0.322 e. The second kappa shape index (κ2) is 8.58. The molecule has 1 N–H and O–H groups in total. The molecule has 3 rings (SSSR count). The Morgan fingerprint density at radius 3 is 2.38 bits per heavy atom. The Morgan fingerprint density at radius 2 is 1.73 bits per heavy atom. The topological polar surface area (TPSA) is 75.5 Å². The summed E-state index contributed by atoms with van der Waals surface area (Å²) in [6, 6.07) is 13.5. The van der Waals surface area contributed by atoms with Crippen molar-refractivity contribution in [3.8, 4) is 0 Å². The highest BCUT2D eigenvalue weighted by atomic mass is 16.6. The van der Waals surface area contributed by atoms with Crippen LogP contribution in [0.2, 0.25) is 0 Å². The molecule has 2 aromatic carbocycles. The molecule has 0 aromatic heterocycles. The van der Waals surface area contributed by atoms with Gasteiger partial charge in [-0.3, -0.25) is 19.8 Å². The van der Waals surface area contributed by atoms with E-state index in [2.05, 4.69) is 10.2 Å². The number of carbonyl (C=O) groups is 1. The van der Waals surface area contributed by atoms with Crippen LogP contribution in [0.5, 0.6) is 0 Å². The predicted molar refractivity (Wildman–Crippen MR) is 101 cm³/mol. The van der Waals surface area contributed by atoms with E-state index in [0.29, 0.717) is 11.3 Å². The lowest BCUT2D eigenvalue weighted by atomic mass is 10.1. The summed E-state index contributed by atoms with van der Waals surface area (Å²) in [4.78, 5) is 25.2. The number of nitro benzene ring substituents is 1. The van der Waals surface area contributed by atoms with Crippen LogP contribution in [0.1, 0.15) is 41.6 Å². The number of nitro groups is 1. The van der Waals surface area contributed by atoms with Gasteiger partial charge in [0.05, 0.1) is 4.92 Å². The third kappa shape index (κ3) is 4.89. The van der Waals surface area contributed by atoms with Gasteiger partial charge in [0.2, 0.25) is 0 Å². The van der Waals surface area contributed by atoms with E-state index in [1.165, 1.54) is 43.4 Å². The number of carbonyl (C=O) groups excluding carboxylic acids is 1. The van der Waals surface area contributed by atoms with Crippen LogP contribution in [0, 0.1) is 10.1 Å². The van der Waals surface area contributed by atoms with Crippen molar-refractivity contribution in [3.63, 3.8) is 0 Å². The average molecular weight is 353 g/mol. The van der Waals surface area contributed by atoms with Crippen LogP contribution in [0.25, 0.3) is 0 Å². The van der Waals surface area contributed by atoms with Gasteiger partial charge in [-0.1, -0.05) is 31.0 Å². The standard InChI is InChI=1S/C20H23N3O3/c24-20(21-18-6-5-7-19(14-18)23(25)26)17-10-8-16(9-11-17)15-22-12-3-1-2-4-13-22/h5-11,14H,1-4,12-13,15H2,(H,21,24). The third-order valence-corrected chi connectivity index (χ3v) is 4.64. The van der Waals surface area contributed by atoms with Crippen LogP contribution in [-0.4, -0.2) is 28.8 Å². The first-order chi connectivity index (χ1) is 12.6. The summed E-state index contributed by atoms with van der Waals surface area (Å²) in [7, 11) is 0. The lowest BCUT2D eigenvalue weighted by Gasteiger charge is -2.19. The minimum absolute atomic E-state index is 0.0457. The molecule has 0 radical (unpaired) electrons. The fraction of sp³-hybridized carbons (Fsp3) is 0.350. The number of hydrogen-bond donors (Lipinski definition) is 1. The van der Waals surface area contributed by atoms with Gasteiger partial charge in [-0.15, -0.1) is 0 Å². The predicted octanol–water partition coefficient (Wildman–Crippen LogP) is 4.22. The highest BCUT2D eigenvalue weighted by Crippen LogP contribution is 2.18. The van der Waals surface area contributed by atoms with Crippen molar-refractivity contribution in [2.24, 2.45) is 0 Å². The van der Waals surface area contributed by atoms with Crippen molar-refractivity contribution < 1.29 is 9.72 Å². The van der Waals surface area contributed by atoms with Crippen LogP contribution in [-0.2, 0) is 6.54 Å². The van der Waals surface area contributed by atoms with E-state index in [1.807, 2.05) is 12.1 Å². The minimum atomic E-state index is -0.479. The second-order valence-corrected chi connectivity index (χ2v) is 6.65.